The van der Waals surface area contributed by atoms with Gasteiger partial charge in [-0.2, -0.15) is 0 Å². The van der Waals surface area contributed by atoms with Crippen molar-refractivity contribution < 1.29 is 13.2 Å². The van der Waals surface area contributed by atoms with E-state index in [1.54, 1.807) is 60.9 Å². The van der Waals surface area contributed by atoms with Gasteiger partial charge in [-0.25, -0.2) is 13.1 Å². The molecular weight excluding hydrogens is 424 g/mol. The minimum atomic E-state index is -3.62. The molecule has 0 saturated carbocycles. The van der Waals surface area contributed by atoms with Crippen LogP contribution in [0.25, 0.3) is 0 Å². The van der Waals surface area contributed by atoms with E-state index < -0.39 is 10.0 Å². The molecule has 1 saturated heterocycles. The second-order valence-electron chi connectivity index (χ2n) is 7.84. The van der Waals surface area contributed by atoms with E-state index in [0.29, 0.717) is 11.3 Å². The van der Waals surface area contributed by atoms with Gasteiger partial charge in [0.2, 0.25) is 10.0 Å². The molecule has 0 radical (unpaired) electrons. The van der Waals surface area contributed by atoms with Crippen molar-refractivity contribution in [2.24, 2.45) is 0 Å². The van der Waals surface area contributed by atoms with Crippen LogP contribution >= 0.6 is 0 Å². The van der Waals surface area contributed by atoms with Gasteiger partial charge in [0, 0.05) is 24.8 Å². The fourth-order valence-electron chi connectivity index (χ4n) is 3.65. The summed E-state index contributed by atoms with van der Waals surface area (Å²) >= 11 is 0. The molecule has 0 atom stereocenters. The highest BCUT2D eigenvalue weighted by Gasteiger charge is 2.16. The summed E-state index contributed by atoms with van der Waals surface area (Å²) < 4.78 is 27.9. The van der Waals surface area contributed by atoms with Crippen LogP contribution in [0.5, 0.6) is 0 Å². The molecule has 1 amide bonds. The summed E-state index contributed by atoms with van der Waals surface area (Å²) in [4.78, 5) is 18.9. The minimum Gasteiger partial charge on any atom is -0.321 e. The Balaban J connectivity index is 1.32. The highest BCUT2D eigenvalue weighted by Crippen LogP contribution is 2.16. The van der Waals surface area contributed by atoms with E-state index in [9.17, 15) is 13.2 Å². The topological polar surface area (TPSA) is 91.4 Å². The molecular formula is C24H26N4O3S. The third-order valence-electron chi connectivity index (χ3n) is 5.44. The van der Waals surface area contributed by atoms with Crippen molar-refractivity contribution in [2.75, 3.05) is 18.4 Å². The molecule has 3 aromatic rings. The normalized spacial score (nSPS) is 14.4. The number of amides is 1. The number of likely N-dealkylation sites (tertiary alicyclic amines) is 1. The van der Waals surface area contributed by atoms with Crippen molar-refractivity contribution in [3.05, 3.63) is 89.7 Å². The van der Waals surface area contributed by atoms with Gasteiger partial charge >= 0.3 is 0 Å². The van der Waals surface area contributed by atoms with E-state index >= 15 is 0 Å². The van der Waals surface area contributed by atoms with Crippen LogP contribution in [0.2, 0.25) is 0 Å². The summed E-state index contributed by atoms with van der Waals surface area (Å²) in [6.07, 6.45) is 5.66. The van der Waals surface area contributed by atoms with E-state index in [1.807, 2.05) is 12.1 Å². The van der Waals surface area contributed by atoms with E-state index in [1.165, 1.54) is 12.8 Å². The van der Waals surface area contributed by atoms with Gasteiger partial charge in [0.05, 0.1) is 16.8 Å². The predicted molar refractivity (Wildman–Crippen MR) is 124 cm³/mol. The Morgan fingerprint density at radius 1 is 0.938 bits per heavy atom. The van der Waals surface area contributed by atoms with Crippen LogP contribution in [0.15, 0.2) is 78.0 Å². The first kappa shape index (κ1) is 22.1. The van der Waals surface area contributed by atoms with Crippen LogP contribution in [0.1, 0.15) is 34.3 Å². The molecule has 0 spiro atoms. The van der Waals surface area contributed by atoms with Gasteiger partial charge in [0.1, 0.15) is 0 Å². The summed E-state index contributed by atoms with van der Waals surface area (Å²) in [5, 5.41) is 2.77. The fourth-order valence-corrected chi connectivity index (χ4v) is 4.67. The van der Waals surface area contributed by atoms with Crippen molar-refractivity contribution in [1.29, 1.82) is 0 Å². The lowest BCUT2D eigenvalue weighted by Crippen LogP contribution is -2.23. The number of hydrogen-bond donors (Lipinski definition) is 2. The van der Waals surface area contributed by atoms with Gasteiger partial charge < -0.3 is 5.32 Å². The lowest BCUT2D eigenvalue weighted by atomic mass is 10.1. The van der Waals surface area contributed by atoms with E-state index in [2.05, 4.69) is 19.9 Å². The van der Waals surface area contributed by atoms with Crippen molar-refractivity contribution in [3.8, 4) is 0 Å². The SMILES string of the molecule is O=C(Nc1cccnc1)c1ccc(CNS(=O)(=O)c2ccc(CN3CCCC3)cc2)cc1. The van der Waals surface area contributed by atoms with Gasteiger partial charge in [0.15, 0.2) is 0 Å². The molecule has 0 aliphatic carbocycles. The van der Waals surface area contributed by atoms with Crippen LogP contribution in [-0.4, -0.2) is 37.3 Å². The predicted octanol–water partition coefficient (Wildman–Crippen LogP) is 3.41. The average Bonchev–Trinajstić information content (AvgIpc) is 3.32. The first-order chi connectivity index (χ1) is 15.5. The zero-order chi connectivity index (χ0) is 22.4. The molecule has 7 nitrogen and oxygen atoms in total. The van der Waals surface area contributed by atoms with Gasteiger partial charge in [-0.3, -0.25) is 14.7 Å². The second-order valence-corrected chi connectivity index (χ2v) is 9.61. The summed E-state index contributed by atoms with van der Waals surface area (Å²) in [7, 11) is -3.62. The number of carbonyl (C=O) groups excluding carboxylic acids is 1. The highest BCUT2D eigenvalue weighted by atomic mass is 32.2. The zero-order valence-corrected chi connectivity index (χ0v) is 18.5. The molecule has 4 rings (SSSR count). The number of carbonyl (C=O) groups is 1. The van der Waals surface area contributed by atoms with Gasteiger partial charge in [0.25, 0.3) is 5.91 Å². The molecule has 0 bridgehead atoms. The van der Waals surface area contributed by atoms with Gasteiger partial charge in [-0.05, 0) is 73.5 Å². The average molecular weight is 451 g/mol. The largest absolute Gasteiger partial charge is 0.321 e. The van der Waals surface area contributed by atoms with Gasteiger partial charge in [-0.1, -0.05) is 24.3 Å². The lowest BCUT2D eigenvalue weighted by Gasteiger charge is -2.14. The van der Waals surface area contributed by atoms with Crippen molar-refractivity contribution in [2.45, 2.75) is 30.8 Å². The number of sulfonamides is 1. The monoisotopic (exact) mass is 450 g/mol. The number of aromatic nitrogens is 1. The van der Waals surface area contributed by atoms with Crippen LogP contribution in [0.4, 0.5) is 5.69 Å². The molecule has 2 N–H and O–H groups in total. The fraction of sp³-hybridized carbons (Fsp3) is 0.250. The highest BCUT2D eigenvalue weighted by molar-refractivity contribution is 7.89. The second kappa shape index (κ2) is 10.0. The molecule has 0 unspecified atom stereocenters. The molecule has 1 fully saturated rings. The van der Waals surface area contributed by atoms with Crippen LogP contribution in [-0.2, 0) is 23.1 Å². The third kappa shape index (κ3) is 5.79. The molecule has 2 aromatic carbocycles. The summed E-state index contributed by atoms with van der Waals surface area (Å²) in [5.74, 6) is -0.251. The van der Waals surface area contributed by atoms with Crippen LogP contribution in [0.3, 0.4) is 0 Å². The Bertz CT molecular complexity index is 1140. The summed E-state index contributed by atoms with van der Waals surface area (Å²) in [6, 6.07) is 17.4. The van der Waals surface area contributed by atoms with Crippen molar-refractivity contribution >= 4 is 21.6 Å². The quantitative estimate of drug-likeness (QED) is 0.549. The Morgan fingerprint density at radius 2 is 1.62 bits per heavy atom. The van der Waals surface area contributed by atoms with E-state index in [4.69, 9.17) is 0 Å². The Labute approximate surface area is 188 Å². The van der Waals surface area contributed by atoms with E-state index in [0.717, 1.165) is 30.8 Å². The summed E-state index contributed by atoms with van der Waals surface area (Å²) in [5.41, 5.74) is 2.97. The van der Waals surface area contributed by atoms with E-state index in [-0.39, 0.29) is 17.3 Å². The molecule has 166 valence electrons. The maximum absolute atomic E-state index is 12.6. The zero-order valence-electron chi connectivity index (χ0n) is 17.7. The maximum atomic E-state index is 12.6. The summed E-state index contributed by atoms with van der Waals surface area (Å²) in [6.45, 7) is 3.20. The number of anilines is 1. The molecule has 2 heterocycles. The minimum absolute atomic E-state index is 0.141. The van der Waals surface area contributed by atoms with Crippen molar-refractivity contribution in [3.63, 3.8) is 0 Å². The van der Waals surface area contributed by atoms with Gasteiger partial charge in [-0.15, -0.1) is 0 Å². The van der Waals surface area contributed by atoms with Crippen LogP contribution < -0.4 is 10.0 Å². The molecule has 32 heavy (non-hydrogen) atoms. The number of hydrogen-bond acceptors (Lipinski definition) is 5. The third-order valence-corrected chi connectivity index (χ3v) is 6.86. The first-order valence-corrected chi connectivity index (χ1v) is 12.1. The molecule has 1 aromatic heterocycles. The molecule has 8 heteroatoms. The van der Waals surface area contributed by atoms with Crippen molar-refractivity contribution in [1.82, 2.24) is 14.6 Å². The maximum Gasteiger partial charge on any atom is 0.255 e. The number of pyridine rings is 1. The number of rotatable bonds is 8. The number of benzene rings is 2. The smallest absolute Gasteiger partial charge is 0.255 e. The number of nitrogens with one attached hydrogen (secondary N) is 2. The Kier molecular flexibility index (Phi) is 6.94. The van der Waals surface area contributed by atoms with Crippen LogP contribution in [0, 0.1) is 0 Å². The Morgan fingerprint density at radius 3 is 2.28 bits per heavy atom. The standard InChI is InChI=1S/C24H26N4O3S/c29-24(27-22-4-3-13-25-17-22)21-9-5-19(6-10-21)16-26-32(30,31)23-11-7-20(8-12-23)18-28-14-1-2-15-28/h3-13,17,26H,1-2,14-16,18H2,(H,27,29). The number of nitrogens with zero attached hydrogens (tertiary/aromatic N) is 2. The first-order valence-electron chi connectivity index (χ1n) is 10.6. The molecule has 1 aliphatic heterocycles. The Hall–Kier alpha value is -3.07. The molecule has 1 aliphatic rings. The lowest BCUT2D eigenvalue weighted by molar-refractivity contribution is 0.102.